The van der Waals surface area contributed by atoms with Gasteiger partial charge in [0.05, 0.1) is 0 Å². The van der Waals surface area contributed by atoms with Crippen molar-refractivity contribution in [2.45, 2.75) is 20.8 Å². The summed E-state index contributed by atoms with van der Waals surface area (Å²) >= 11 is 5.11. The van der Waals surface area contributed by atoms with Crippen LogP contribution in [0.2, 0.25) is 0 Å². The minimum atomic E-state index is 0.978. The fourth-order valence-electron chi connectivity index (χ4n) is 1.12. The zero-order valence-electron chi connectivity index (χ0n) is 7.14. The maximum atomic E-state index is 5.11. The highest BCUT2D eigenvalue weighted by Crippen LogP contribution is 2.11. The molecule has 58 valence electrons. The van der Waals surface area contributed by atoms with E-state index < -0.39 is 0 Å². The van der Waals surface area contributed by atoms with E-state index in [-0.39, 0.29) is 0 Å². The standard InChI is InChI=1S/C10H12S/c1-7-4-5-8(2)10(6-7)9(3)11/h4-6H,1-3H3. The lowest BCUT2D eigenvalue weighted by Gasteiger charge is -2.03. The number of rotatable bonds is 1. The Kier molecular flexibility index (Phi) is 2.40. The number of benzene rings is 1. The van der Waals surface area contributed by atoms with Gasteiger partial charge in [0.15, 0.2) is 0 Å². The molecule has 11 heavy (non-hydrogen) atoms. The molecule has 0 N–H and O–H groups in total. The molecule has 0 bridgehead atoms. The van der Waals surface area contributed by atoms with Gasteiger partial charge in [-0.05, 0) is 31.9 Å². The lowest BCUT2D eigenvalue weighted by Crippen LogP contribution is -1.94. The maximum absolute atomic E-state index is 5.11. The zero-order valence-corrected chi connectivity index (χ0v) is 7.96. The van der Waals surface area contributed by atoms with Crippen molar-refractivity contribution in [2.24, 2.45) is 0 Å². The molecule has 1 aromatic rings. The molecule has 0 nitrogen and oxygen atoms in total. The van der Waals surface area contributed by atoms with Crippen molar-refractivity contribution in [3.05, 3.63) is 34.9 Å². The fourth-order valence-corrected chi connectivity index (χ4v) is 1.34. The third-order valence-corrected chi connectivity index (χ3v) is 1.99. The van der Waals surface area contributed by atoms with Crippen LogP contribution in [0.4, 0.5) is 0 Å². The van der Waals surface area contributed by atoms with Gasteiger partial charge in [0.25, 0.3) is 0 Å². The van der Waals surface area contributed by atoms with Crippen molar-refractivity contribution in [3.8, 4) is 0 Å². The summed E-state index contributed by atoms with van der Waals surface area (Å²) in [5.74, 6) is 0. The van der Waals surface area contributed by atoms with Crippen LogP contribution < -0.4 is 0 Å². The summed E-state index contributed by atoms with van der Waals surface area (Å²) in [5.41, 5.74) is 3.75. The van der Waals surface area contributed by atoms with Gasteiger partial charge in [0, 0.05) is 4.86 Å². The van der Waals surface area contributed by atoms with Gasteiger partial charge in [-0.25, -0.2) is 0 Å². The summed E-state index contributed by atoms with van der Waals surface area (Å²) in [6.07, 6.45) is 0. The smallest absolute Gasteiger partial charge is 0.0196 e. The first kappa shape index (κ1) is 8.41. The number of hydrogen-bond donors (Lipinski definition) is 0. The number of aryl methyl sites for hydroxylation is 2. The van der Waals surface area contributed by atoms with E-state index in [0.717, 1.165) is 4.86 Å². The summed E-state index contributed by atoms with van der Waals surface area (Å²) in [5, 5.41) is 0. The fraction of sp³-hybridized carbons (Fsp3) is 0.300. The highest BCUT2D eigenvalue weighted by molar-refractivity contribution is 7.80. The van der Waals surface area contributed by atoms with Gasteiger partial charge >= 0.3 is 0 Å². The molecule has 0 heterocycles. The molecule has 0 atom stereocenters. The van der Waals surface area contributed by atoms with Crippen LogP contribution in [0, 0.1) is 13.8 Å². The Balaban J connectivity index is 3.23. The molecule has 0 spiro atoms. The predicted molar refractivity (Wildman–Crippen MR) is 53.3 cm³/mol. The molecule has 1 aromatic carbocycles. The Bertz CT molecular complexity index is 287. The SMILES string of the molecule is CC(=S)c1cc(C)ccc1C. The molecule has 0 aromatic heterocycles. The Morgan fingerprint density at radius 1 is 1.27 bits per heavy atom. The van der Waals surface area contributed by atoms with Gasteiger partial charge in [-0.15, -0.1) is 0 Å². The third-order valence-electron chi connectivity index (χ3n) is 1.77. The number of hydrogen-bond acceptors (Lipinski definition) is 1. The lowest BCUT2D eigenvalue weighted by atomic mass is 10.0. The Morgan fingerprint density at radius 2 is 1.91 bits per heavy atom. The van der Waals surface area contributed by atoms with E-state index in [2.05, 4.69) is 32.0 Å². The second-order valence-electron chi connectivity index (χ2n) is 2.87. The monoisotopic (exact) mass is 164 g/mol. The van der Waals surface area contributed by atoms with Crippen molar-refractivity contribution in [3.63, 3.8) is 0 Å². The molecule has 0 saturated heterocycles. The maximum Gasteiger partial charge on any atom is 0.0196 e. The van der Waals surface area contributed by atoms with Crippen molar-refractivity contribution in [1.82, 2.24) is 0 Å². The Labute approximate surface area is 73.2 Å². The molecule has 0 fully saturated rings. The first-order valence-electron chi connectivity index (χ1n) is 3.69. The molecule has 0 aliphatic rings. The van der Waals surface area contributed by atoms with Crippen LogP contribution in [-0.4, -0.2) is 4.86 Å². The van der Waals surface area contributed by atoms with Crippen LogP contribution >= 0.6 is 12.2 Å². The highest BCUT2D eigenvalue weighted by atomic mass is 32.1. The first-order chi connectivity index (χ1) is 5.11. The average molecular weight is 164 g/mol. The molecule has 1 rings (SSSR count). The third kappa shape index (κ3) is 1.87. The molecule has 0 unspecified atom stereocenters. The minimum absolute atomic E-state index is 0.978. The molecule has 0 aliphatic heterocycles. The van der Waals surface area contributed by atoms with Crippen LogP contribution in [0.3, 0.4) is 0 Å². The van der Waals surface area contributed by atoms with Crippen LogP contribution in [0.15, 0.2) is 18.2 Å². The van der Waals surface area contributed by atoms with Gasteiger partial charge in [-0.1, -0.05) is 36.0 Å². The van der Waals surface area contributed by atoms with Gasteiger partial charge in [0.1, 0.15) is 0 Å². The Hall–Kier alpha value is -0.690. The van der Waals surface area contributed by atoms with Crippen LogP contribution in [0.25, 0.3) is 0 Å². The molecule has 0 amide bonds. The van der Waals surface area contributed by atoms with E-state index in [4.69, 9.17) is 12.2 Å². The lowest BCUT2D eigenvalue weighted by molar-refractivity contribution is 1.38. The van der Waals surface area contributed by atoms with Crippen LogP contribution in [-0.2, 0) is 0 Å². The number of thiocarbonyl (C=S) groups is 1. The van der Waals surface area contributed by atoms with Crippen molar-refractivity contribution in [2.75, 3.05) is 0 Å². The van der Waals surface area contributed by atoms with Crippen molar-refractivity contribution < 1.29 is 0 Å². The second kappa shape index (κ2) is 3.14. The minimum Gasteiger partial charge on any atom is -0.0846 e. The molecule has 1 heteroatoms. The summed E-state index contributed by atoms with van der Waals surface area (Å²) in [6, 6.07) is 6.36. The van der Waals surface area contributed by atoms with Gasteiger partial charge < -0.3 is 0 Å². The summed E-state index contributed by atoms with van der Waals surface area (Å²) in [7, 11) is 0. The zero-order chi connectivity index (χ0) is 8.43. The second-order valence-corrected chi connectivity index (χ2v) is 3.49. The summed E-state index contributed by atoms with van der Waals surface area (Å²) in [6.45, 7) is 6.14. The topological polar surface area (TPSA) is 0 Å². The summed E-state index contributed by atoms with van der Waals surface area (Å²) < 4.78 is 0. The predicted octanol–water partition coefficient (Wildman–Crippen LogP) is 3.04. The molecule has 0 saturated carbocycles. The van der Waals surface area contributed by atoms with E-state index in [0.29, 0.717) is 0 Å². The van der Waals surface area contributed by atoms with Gasteiger partial charge in [0.2, 0.25) is 0 Å². The first-order valence-corrected chi connectivity index (χ1v) is 4.10. The van der Waals surface area contributed by atoms with E-state index in [1.165, 1.54) is 16.7 Å². The normalized spacial score (nSPS) is 9.73. The Morgan fingerprint density at radius 3 is 2.36 bits per heavy atom. The van der Waals surface area contributed by atoms with Crippen molar-refractivity contribution in [1.29, 1.82) is 0 Å². The molecular weight excluding hydrogens is 152 g/mol. The van der Waals surface area contributed by atoms with Gasteiger partial charge in [-0.2, -0.15) is 0 Å². The highest BCUT2D eigenvalue weighted by Gasteiger charge is 1.98. The van der Waals surface area contributed by atoms with E-state index in [1.54, 1.807) is 0 Å². The summed E-state index contributed by atoms with van der Waals surface area (Å²) in [4.78, 5) is 0.978. The van der Waals surface area contributed by atoms with E-state index >= 15 is 0 Å². The van der Waals surface area contributed by atoms with Crippen molar-refractivity contribution >= 4 is 17.1 Å². The van der Waals surface area contributed by atoms with E-state index in [9.17, 15) is 0 Å². The quantitative estimate of drug-likeness (QED) is 0.454. The van der Waals surface area contributed by atoms with Gasteiger partial charge in [-0.3, -0.25) is 0 Å². The van der Waals surface area contributed by atoms with E-state index in [1.807, 2.05) is 6.92 Å². The molecular formula is C10H12S. The largest absolute Gasteiger partial charge is 0.0846 e. The molecule has 0 radical (unpaired) electrons. The van der Waals surface area contributed by atoms with Crippen LogP contribution in [0.1, 0.15) is 23.6 Å². The molecule has 0 aliphatic carbocycles. The van der Waals surface area contributed by atoms with Crippen LogP contribution in [0.5, 0.6) is 0 Å². The average Bonchev–Trinajstić information content (AvgIpc) is 1.94.